The number of aryl methyl sites for hydroxylation is 1. The fourth-order valence-corrected chi connectivity index (χ4v) is 2.03. The Hall–Kier alpha value is -1.52. The lowest BCUT2D eigenvalue weighted by Crippen LogP contribution is -2.19. The van der Waals surface area contributed by atoms with Crippen LogP contribution in [0.5, 0.6) is 0 Å². The number of hydrogen-bond donors (Lipinski definition) is 1. The molecule has 0 fully saturated rings. The first-order valence-corrected chi connectivity index (χ1v) is 6.12. The molecule has 2 aromatic rings. The molecule has 1 aromatic heterocycles. The number of halogens is 1. The number of rotatable bonds is 4. The number of nitrogen functional groups attached to an aromatic ring is 1. The smallest absolute Gasteiger partial charge is 0.122 e. The Labute approximate surface area is 112 Å². The van der Waals surface area contributed by atoms with Gasteiger partial charge >= 0.3 is 0 Å². The van der Waals surface area contributed by atoms with E-state index in [4.69, 9.17) is 17.3 Å². The van der Waals surface area contributed by atoms with Crippen LogP contribution in [0.3, 0.4) is 0 Å². The fraction of sp³-hybridized carbons (Fsp3) is 0.308. The first-order chi connectivity index (χ1) is 8.56. The zero-order chi connectivity index (χ0) is 13.1. The van der Waals surface area contributed by atoms with Gasteiger partial charge in [0.05, 0.1) is 6.54 Å². The second-order valence-electron chi connectivity index (χ2n) is 4.48. The third-order valence-corrected chi connectivity index (χ3v) is 3.21. The Morgan fingerprint density at radius 3 is 2.83 bits per heavy atom. The van der Waals surface area contributed by atoms with Crippen LogP contribution in [0.4, 0.5) is 5.69 Å². The SMILES string of the molecule is CN(Cc1cc(N)ccc1Cl)Cc1nccn1C. The third-order valence-electron chi connectivity index (χ3n) is 2.84. The number of benzene rings is 1. The Bertz CT molecular complexity index is 536. The van der Waals surface area contributed by atoms with Crippen LogP contribution >= 0.6 is 11.6 Å². The molecule has 0 spiro atoms. The summed E-state index contributed by atoms with van der Waals surface area (Å²) in [5, 5.41) is 0.746. The van der Waals surface area contributed by atoms with Crippen molar-refractivity contribution in [2.45, 2.75) is 13.1 Å². The van der Waals surface area contributed by atoms with Crippen LogP contribution in [0.2, 0.25) is 5.02 Å². The Morgan fingerprint density at radius 1 is 1.39 bits per heavy atom. The predicted molar refractivity (Wildman–Crippen MR) is 74.2 cm³/mol. The van der Waals surface area contributed by atoms with Crippen molar-refractivity contribution in [3.05, 3.63) is 47.0 Å². The minimum atomic E-state index is 0.736. The van der Waals surface area contributed by atoms with Crippen LogP contribution in [0.15, 0.2) is 30.6 Å². The molecule has 0 aliphatic carbocycles. The summed E-state index contributed by atoms with van der Waals surface area (Å²) in [4.78, 5) is 6.46. The molecule has 0 atom stereocenters. The molecule has 0 saturated carbocycles. The van der Waals surface area contributed by atoms with Crippen molar-refractivity contribution < 1.29 is 0 Å². The maximum atomic E-state index is 6.15. The molecule has 0 bridgehead atoms. The van der Waals surface area contributed by atoms with Gasteiger partial charge in [-0.3, -0.25) is 4.90 Å². The van der Waals surface area contributed by atoms with E-state index in [0.29, 0.717) is 0 Å². The fourth-order valence-electron chi connectivity index (χ4n) is 1.85. The molecule has 0 unspecified atom stereocenters. The highest BCUT2D eigenvalue weighted by Gasteiger charge is 2.08. The molecule has 0 radical (unpaired) electrons. The molecule has 1 aromatic carbocycles. The van der Waals surface area contributed by atoms with Gasteiger partial charge in [-0.1, -0.05) is 11.6 Å². The van der Waals surface area contributed by atoms with Gasteiger partial charge in [-0.05, 0) is 30.8 Å². The molecule has 5 heteroatoms. The van der Waals surface area contributed by atoms with E-state index in [1.807, 2.05) is 43.1 Å². The van der Waals surface area contributed by atoms with E-state index >= 15 is 0 Å². The lowest BCUT2D eigenvalue weighted by Gasteiger charge is -2.17. The average Bonchev–Trinajstić information content (AvgIpc) is 2.70. The maximum absolute atomic E-state index is 6.15. The van der Waals surface area contributed by atoms with E-state index in [9.17, 15) is 0 Å². The molecular formula is C13H17ClN4. The van der Waals surface area contributed by atoms with Crippen molar-refractivity contribution >= 4 is 17.3 Å². The molecule has 2 N–H and O–H groups in total. The van der Waals surface area contributed by atoms with Crippen molar-refractivity contribution in [3.8, 4) is 0 Å². The van der Waals surface area contributed by atoms with Gasteiger partial charge in [0.1, 0.15) is 5.82 Å². The predicted octanol–water partition coefficient (Wildman–Crippen LogP) is 2.29. The summed E-state index contributed by atoms with van der Waals surface area (Å²) in [5.41, 5.74) is 7.54. The normalized spacial score (nSPS) is 11.1. The van der Waals surface area contributed by atoms with Gasteiger partial charge in [0.25, 0.3) is 0 Å². The zero-order valence-corrected chi connectivity index (χ0v) is 11.4. The number of aromatic nitrogens is 2. The van der Waals surface area contributed by atoms with Crippen molar-refractivity contribution in [2.24, 2.45) is 7.05 Å². The van der Waals surface area contributed by atoms with Crippen molar-refractivity contribution in [1.29, 1.82) is 0 Å². The van der Waals surface area contributed by atoms with Gasteiger partial charge in [-0.2, -0.15) is 0 Å². The lowest BCUT2D eigenvalue weighted by atomic mass is 10.2. The van der Waals surface area contributed by atoms with Crippen LogP contribution in [0.1, 0.15) is 11.4 Å². The van der Waals surface area contributed by atoms with Gasteiger partial charge in [0.2, 0.25) is 0 Å². The molecule has 2 rings (SSSR count). The van der Waals surface area contributed by atoms with Crippen LogP contribution in [0, 0.1) is 0 Å². The quantitative estimate of drug-likeness (QED) is 0.862. The second-order valence-corrected chi connectivity index (χ2v) is 4.88. The molecule has 4 nitrogen and oxygen atoms in total. The van der Waals surface area contributed by atoms with E-state index in [0.717, 1.165) is 35.2 Å². The molecular weight excluding hydrogens is 248 g/mol. The van der Waals surface area contributed by atoms with Gasteiger partial charge < -0.3 is 10.3 Å². The van der Waals surface area contributed by atoms with Crippen molar-refractivity contribution in [1.82, 2.24) is 14.5 Å². The van der Waals surface area contributed by atoms with E-state index in [-0.39, 0.29) is 0 Å². The maximum Gasteiger partial charge on any atom is 0.122 e. The number of imidazole rings is 1. The summed E-state index contributed by atoms with van der Waals surface area (Å²) in [7, 11) is 4.03. The van der Waals surface area contributed by atoms with E-state index in [1.54, 1.807) is 6.20 Å². The van der Waals surface area contributed by atoms with Crippen molar-refractivity contribution in [3.63, 3.8) is 0 Å². The molecule has 0 amide bonds. The zero-order valence-electron chi connectivity index (χ0n) is 10.6. The Balaban J connectivity index is 2.05. The van der Waals surface area contributed by atoms with Gasteiger partial charge in [-0.25, -0.2) is 4.98 Å². The topological polar surface area (TPSA) is 47.1 Å². The number of anilines is 1. The number of nitrogens with two attached hydrogens (primary N) is 1. The first kappa shape index (κ1) is 12.9. The van der Waals surface area contributed by atoms with Crippen molar-refractivity contribution in [2.75, 3.05) is 12.8 Å². The van der Waals surface area contributed by atoms with Crippen LogP contribution in [-0.4, -0.2) is 21.5 Å². The highest BCUT2D eigenvalue weighted by molar-refractivity contribution is 6.31. The van der Waals surface area contributed by atoms with Crippen LogP contribution in [-0.2, 0) is 20.1 Å². The highest BCUT2D eigenvalue weighted by Crippen LogP contribution is 2.20. The van der Waals surface area contributed by atoms with Crippen LogP contribution < -0.4 is 5.73 Å². The molecule has 0 aliphatic rings. The number of hydrogen-bond acceptors (Lipinski definition) is 3. The molecule has 0 saturated heterocycles. The average molecular weight is 265 g/mol. The summed E-state index contributed by atoms with van der Waals surface area (Å²) in [6.07, 6.45) is 3.74. The van der Waals surface area contributed by atoms with Gasteiger partial charge in [0, 0.05) is 36.7 Å². The molecule has 96 valence electrons. The standard InChI is InChI=1S/C13H17ClN4/c1-17(9-13-16-5-6-18(13)2)8-10-7-11(15)3-4-12(10)14/h3-7H,8-9,15H2,1-2H3. The minimum Gasteiger partial charge on any atom is -0.399 e. The monoisotopic (exact) mass is 264 g/mol. The minimum absolute atomic E-state index is 0.736. The van der Waals surface area contributed by atoms with Crippen LogP contribution in [0.25, 0.3) is 0 Å². The first-order valence-electron chi connectivity index (χ1n) is 5.75. The Kier molecular flexibility index (Phi) is 3.89. The summed E-state index contributed by atoms with van der Waals surface area (Å²) in [6, 6.07) is 5.56. The second kappa shape index (κ2) is 5.42. The summed E-state index contributed by atoms with van der Waals surface area (Å²) < 4.78 is 2.01. The van der Waals surface area contributed by atoms with Gasteiger partial charge in [-0.15, -0.1) is 0 Å². The van der Waals surface area contributed by atoms with Gasteiger partial charge in [0.15, 0.2) is 0 Å². The lowest BCUT2D eigenvalue weighted by molar-refractivity contribution is 0.307. The summed E-state index contributed by atoms with van der Waals surface area (Å²) >= 11 is 6.15. The number of nitrogens with zero attached hydrogens (tertiary/aromatic N) is 3. The largest absolute Gasteiger partial charge is 0.399 e. The third kappa shape index (κ3) is 3.03. The highest BCUT2D eigenvalue weighted by atomic mass is 35.5. The molecule has 0 aliphatic heterocycles. The Morgan fingerprint density at radius 2 is 2.17 bits per heavy atom. The van der Waals surface area contributed by atoms with E-state index in [2.05, 4.69) is 9.88 Å². The van der Waals surface area contributed by atoms with E-state index < -0.39 is 0 Å². The molecule has 18 heavy (non-hydrogen) atoms. The summed E-state index contributed by atoms with van der Waals surface area (Å²) in [5.74, 6) is 1.03. The molecule has 1 heterocycles. The summed E-state index contributed by atoms with van der Waals surface area (Å²) in [6.45, 7) is 1.52. The van der Waals surface area contributed by atoms with E-state index in [1.165, 1.54) is 0 Å².